The summed E-state index contributed by atoms with van der Waals surface area (Å²) in [6.07, 6.45) is 8.34. The van der Waals surface area contributed by atoms with Gasteiger partial charge >= 0.3 is 0 Å². The number of aromatic nitrogens is 1. The van der Waals surface area contributed by atoms with Crippen LogP contribution in [0.2, 0.25) is 0 Å². The molecule has 1 heterocycles. The van der Waals surface area contributed by atoms with Crippen molar-refractivity contribution in [3.63, 3.8) is 0 Å². The van der Waals surface area contributed by atoms with Crippen LogP contribution in [0.25, 0.3) is 0 Å². The first kappa shape index (κ1) is 23.7. The van der Waals surface area contributed by atoms with Crippen LogP contribution >= 0.6 is 0 Å². The maximum atomic E-state index is 10.8. The van der Waals surface area contributed by atoms with Crippen LogP contribution in [0.4, 0.5) is 0 Å². The smallest absolute Gasteiger partial charge is 0.0900 e. The molecule has 0 amide bonds. The van der Waals surface area contributed by atoms with Crippen molar-refractivity contribution < 1.29 is 9.84 Å². The average Bonchev–Trinajstić information content (AvgIpc) is 3.27. The lowest BCUT2D eigenvalue weighted by atomic mass is 9.89. The summed E-state index contributed by atoms with van der Waals surface area (Å²) < 4.78 is 8.16. The largest absolute Gasteiger partial charge is 0.389 e. The minimum atomic E-state index is -0.491. The number of hydrogen-bond acceptors (Lipinski definition) is 3. The molecule has 0 radical (unpaired) electrons. The van der Waals surface area contributed by atoms with Crippen molar-refractivity contribution in [2.75, 3.05) is 19.7 Å². The van der Waals surface area contributed by atoms with Gasteiger partial charge in [-0.05, 0) is 42.0 Å². The predicted molar refractivity (Wildman–Crippen MR) is 134 cm³/mol. The Labute approximate surface area is 198 Å². The van der Waals surface area contributed by atoms with Gasteiger partial charge in [0.25, 0.3) is 0 Å². The summed E-state index contributed by atoms with van der Waals surface area (Å²) in [6.45, 7) is 4.32. The monoisotopic (exact) mass is 446 g/mol. The van der Waals surface area contributed by atoms with Gasteiger partial charge in [0.2, 0.25) is 0 Å². The lowest BCUT2D eigenvalue weighted by Gasteiger charge is -2.31. The molecule has 1 unspecified atom stereocenters. The molecule has 1 aliphatic rings. The molecule has 0 saturated heterocycles. The normalized spacial score (nSPS) is 15.7. The van der Waals surface area contributed by atoms with Gasteiger partial charge in [-0.1, -0.05) is 79.9 Å². The standard InChI is InChI=1S/C29H38N2O2/c32-29(24-33-23-27-15-8-3-9-16-27)22-30(19-25-11-4-1-5-12-25)21-28-17-10-18-31(28)20-26-13-6-2-7-14-26/h2-3,6-10,13-18,25,29,32H,1,4-5,11-12,19-24H2. The molecule has 0 spiro atoms. The summed E-state index contributed by atoms with van der Waals surface area (Å²) in [7, 11) is 0. The summed E-state index contributed by atoms with van der Waals surface area (Å²) in [4.78, 5) is 2.45. The summed E-state index contributed by atoms with van der Waals surface area (Å²) in [5.74, 6) is 0.730. The van der Waals surface area contributed by atoms with Crippen molar-refractivity contribution in [2.45, 2.75) is 57.9 Å². The zero-order valence-electron chi connectivity index (χ0n) is 19.7. The molecule has 0 aliphatic heterocycles. The van der Waals surface area contributed by atoms with Gasteiger partial charge in [0.15, 0.2) is 0 Å². The quantitative estimate of drug-likeness (QED) is 0.399. The lowest BCUT2D eigenvalue weighted by Crippen LogP contribution is -2.38. The molecular weight excluding hydrogens is 408 g/mol. The van der Waals surface area contributed by atoms with E-state index in [2.05, 4.69) is 70.3 Å². The Bertz CT molecular complexity index is 919. The third-order valence-corrected chi connectivity index (χ3v) is 6.64. The molecule has 4 nitrogen and oxygen atoms in total. The van der Waals surface area contributed by atoms with Crippen LogP contribution in [0.15, 0.2) is 79.0 Å². The first-order valence-electron chi connectivity index (χ1n) is 12.5. The SMILES string of the molecule is OC(COCc1ccccc1)CN(Cc1cccn1Cc1ccccc1)CC1CCCCC1. The van der Waals surface area contributed by atoms with Crippen LogP contribution in [0, 0.1) is 5.92 Å². The first-order chi connectivity index (χ1) is 16.3. The van der Waals surface area contributed by atoms with Crippen LogP contribution in [0.1, 0.15) is 48.9 Å². The van der Waals surface area contributed by atoms with Gasteiger partial charge in [-0.2, -0.15) is 0 Å². The molecular formula is C29H38N2O2. The van der Waals surface area contributed by atoms with Crippen molar-refractivity contribution in [3.05, 3.63) is 95.8 Å². The van der Waals surface area contributed by atoms with Crippen molar-refractivity contribution in [3.8, 4) is 0 Å². The Kier molecular flexibility index (Phi) is 9.17. The maximum absolute atomic E-state index is 10.8. The second-order valence-electron chi connectivity index (χ2n) is 9.47. The Morgan fingerprint density at radius 2 is 1.58 bits per heavy atom. The van der Waals surface area contributed by atoms with Crippen LogP contribution in [0.5, 0.6) is 0 Å². The van der Waals surface area contributed by atoms with E-state index >= 15 is 0 Å². The molecule has 1 N–H and O–H groups in total. The fourth-order valence-electron chi connectivity index (χ4n) is 4.93. The number of rotatable bonds is 12. The van der Waals surface area contributed by atoms with Crippen LogP contribution < -0.4 is 0 Å². The average molecular weight is 447 g/mol. The zero-order chi connectivity index (χ0) is 22.7. The lowest BCUT2D eigenvalue weighted by molar-refractivity contribution is 0.00469. The highest BCUT2D eigenvalue weighted by molar-refractivity contribution is 5.18. The van der Waals surface area contributed by atoms with E-state index in [1.165, 1.54) is 43.4 Å². The maximum Gasteiger partial charge on any atom is 0.0900 e. The van der Waals surface area contributed by atoms with Crippen molar-refractivity contribution in [1.29, 1.82) is 0 Å². The van der Waals surface area contributed by atoms with Crippen molar-refractivity contribution >= 4 is 0 Å². The van der Waals surface area contributed by atoms with Gasteiger partial charge in [0.1, 0.15) is 0 Å². The van der Waals surface area contributed by atoms with Gasteiger partial charge in [-0.3, -0.25) is 4.90 Å². The fourth-order valence-corrected chi connectivity index (χ4v) is 4.93. The third kappa shape index (κ3) is 7.85. The Morgan fingerprint density at radius 3 is 2.30 bits per heavy atom. The number of aliphatic hydroxyl groups excluding tert-OH is 1. The molecule has 1 atom stereocenters. The number of ether oxygens (including phenoxy) is 1. The van der Waals surface area contributed by atoms with E-state index < -0.39 is 6.10 Å². The number of aliphatic hydroxyl groups is 1. The summed E-state index contributed by atoms with van der Waals surface area (Å²) in [5, 5.41) is 10.8. The molecule has 176 valence electrons. The molecule has 33 heavy (non-hydrogen) atoms. The molecule has 1 aromatic heterocycles. The summed E-state index contributed by atoms with van der Waals surface area (Å²) >= 11 is 0. The van der Waals surface area contributed by atoms with Gasteiger partial charge in [-0.15, -0.1) is 0 Å². The van der Waals surface area contributed by atoms with E-state index in [0.29, 0.717) is 19.8 Å². The molecule has 2 aromatic carbocycles. The fraction of sp³-hybridized carbons (Fsp3) is 0.448. The molecule has 1 aliphatic carbocycles. The molecule has 4 rings (SSSR count). The second-order valence-corrected chi connectivity index (χ2v) is 9.47. The second kappa shape index (κ2) is 12.7. The molecule has 3 aromatic rings. The highest BCUT2D eigenvalue weighted by atomic mass is 16.5. The van der Waals surface area contributed by atoms with E-state index in [4.69, 9.17) is 4.74 Å². The van der Waals surface area contributed by atoms with E-state index in [1.54, 1.807) is 0 Å². The van der Waals surface area contributed by atoms with E-state index in [1.807, 2.05) is 18.2 Å². The Morgan fingerprint density at radius 1 is 0.879 bits per heavy atom. The number of hydrogen-bond donors (Lipinski definition) is 1. The topological polar surface area (TPSA) is 37.6 Å². The highest BCUT2D eigenvalue weighted by Gasteiger charge is 2.20. The Hall–Kier alpha value is -2.40. The van der Waals surface area contributed by atoms with Crippen LogP contribution in [0.3, 0.4) is 0 Å². The van der Waals surface area contributed by atoms with Gasteiger partial charge in [-0.25, -0.2) is 0 Å². The molecule has 1 fully saturated rings. The number of benzene rings is 2. The minimum Gasteiger partial charge on any atom is -0.389 e. The highest BCUT2D eigenvalue weighted by Crippen LogP contribution is 2.25. The Balaban J connectivity index is 1.35. The molecule has 1 saturated carbocycles. The van der Waals surface area contributed by atoms with E-state index in [0.717, 1.165) is 31.1 Å². The molecule has 0 bridgehead atoms. The third-order valence-electron chi connectivity index (χ3n) is 6.64. The first-order valence-corrected chi connectivity index (χ1v) is 12.5. The van der Waals surface area contributed by atoms with Crippen LogP contribution in [-0.4, -0.2) is 40.4 Å². The summed E-state index contributed by atoms with van der Waals surface area (Å²) in [5.41, 5.74) is 3.75. The van der Waals surface area contributed by atoms with Crippen molar-refractivity contribution in [1.82, 2.24) is 9.47 Å². The molecule has 4 heteroatoms. The van der Waals surface area contributed by atoms with Gasteiger partial charge in [0.05, 0.1) is 19.3 Å². The predicted octanol–water partition coefficient (Wildman–Crippen LogP) is 5.50. The van der Waals surface area contributed by atoms with Crippen molar-refractivity contribution in [2.24, 2.45) is 5.92 Å². The minimum absolute atomic E-state index is 0.362. The number of nitrogens with zero attached hydrogens (tertiary/aromatic N) is 2. The zero-order valence-corrected chi connectivity index (χ0v) is 19.7. The van der Waals surface area contributed by atoms with Gasteiger partial charge < -0.3 is 14.4 Å². The van der Waals surface area contributed by atoms with Crippen LogP contribution in [-0.2, 0) is 24.4 Å². The van der Waals surface area contributed by atoms with E-state index in [9.17, 15) is 5.11 Å². The summed E-state index contributed by atoms with van der Waals surface area (Å²) in [6, 6.07) is 25.1. The van der Waals surface area contributed by atoms with Gasteiger partial charge in [0, 0.05) is 38.1 Å². The van der Waals surface area contributed by atoms with E-state index in [-0.39, 0.29) is 0 Å².